The van der Waals surface area contributed by atoms with Gasteiger partial charge in [0.25, 0.3) is 5.91 Å². The second-order valence-corrected chi connectivity index (χ2v) is 6.65. The van der Waals surface area contributed by atoms with Gasteiger partial charge in [0.05, 0.1) is 17.9 Å². The van der Waals surface area contributed by atoms with Crippen molar-refractivity contribution in [1.82, 2.24) is 19.9 Å². The highest BCUT2D eigenvalue weighted by Gasteiger charge is 2.28. The van der Waals surface area contributed by atoms with E-state index in [1.807, 2.05) is 19.1 Å². The topological polar surface area (TPSA) is 68.1 Å². The summed E-state index contributed by atoms with van der Waals surface area (Å²) in [7, 11) is 0. The van der Waals surface area contributed by atoms with Gasteiger partial charge in [0, 0.05) is 17.7 Å². The summed E-state index contributed by atoms with van der Waals surface area (Å²) in [6, 6.07) is 11.5. The number of Topliss-reactive ketones (excluding diaryl/α,β-unsaturated/α-hetero) is 1. The monoisotopic (exact) mass is 364 g/mol. The minimum Gasteiger partial charge on any atom is -0.327 e. The summed E-state index contributed by atoms with van der Waals surface area (Å²) in [5, 5.41) is 8.44. The second-order valence-electron chi connectivity index (χ2n) is 6.65. The molecule has 1 amide bonds. The van der Waals surface area contributed by atoms with Crippen LogP contribution in [0.1, 0.15) is 28.5 Å². The molecule has 2 aromatic carbocycles. The third-order valence-corrected chi connectivity index (χ3v) is 4.64. The zero-order chi connectivity index (χ0) is 19.1. The van der Waals surface area contributed by atoms with Crippen molar-refractivity contribution in [3.8, 4) is 16.9 Å². The predicted octanol–water partition coefficient (Wildman–Crippen LogP) is 2.93. The molecule has 6 nitrogen and oxygen atoms in total. The third kappa shape index (κ3) is 3.01. The fourth-order valence-electron chi connectivity index (χ4n) is 3.35. The highest BCUT2D eigenvalue weighted by molar-refractivity contribution is 6.00. The first-order chi connectivity index (χ1) is 12.9. The Kier molecular flexibility index (Phi) is 4.07. The van der Waals surface area contributed by atoms with E-state index in [0.29, 0.717) is 17.8 Å². The highest BCUT2D eigenvalue weighted by Crippen LogP contribution is 2.29. The van der Waals surface area contributed by atoms with Gasteiger partial charge in [-0.2, -0.15) is 0 Å². The first-order valence-electron chi connectivity index (χ1n) is 8.54. The Bertz CT molecular complexity index is 1060. The zero-order valence-corrected chi connectivity index (χ0v) is 14.9. The SMILES string of the molecule is CC(=O)CN1Cc2cc(-c3nnn(-c4ccc(F)cc4)c3C)ccc2C1=O. The molecule has 0 fully saturated rings. The number of halogens is 1. The van der Waals surface area contributed by atoms with Gasteiger partial charge in [0.2, 0.25) is 0 Å². The van der Waals surface area contributed by atoms with Gasteiger partial charge < -0.3 is 4.90 Å². The van der Waals surface area contributed by atoms with Crippen LogP contribution in [0.2, 0.25) is 0 Å². The van der Waals surface area contributed by atoms with E-state index in [1.165, 1.54) is 19.1 Å². The first kappa shape index (κ1) is 17.1. The smallest absolute Gasteiger partial charge is 0.254 e. The molecule has 0 unspecified atom stereocenters. The molecule has 2 heterocycles. The number of hydrogen-bond acceptors (Lipinski definition) is 4. The van der Waals surface area contributed by atoms with Crippen molar-refractivity contribution in [3.05, 3.63) is 65.1 Å². The van der Waals surface area contributed by atoms with Crippen LogP contribution in [0.4, 0.5) is 4.39 Å². The maximum Gasteiger partial charge on any atom is 0.254 e. The number of hydrogen-bond donors (Lipinski definition) is 0. The van der Waals surface area contributed by atoms with Crippen LogP contribution in [0.25, 0.3) is 16.9 Å². The van der Waals surface area contributed by atoms with Crippen molar-refractivity contribution in [2.75, 3.05) is 6.54 Å². The molecular weight excluding hydrogens is 347 g/mol. The normalized spacial score (nSPS) is 13.1. The maximum atomic E-state index is 13.1. The van der Waals surface area contributed by atoms with E-state index in [1.54, 1.807) is 27.8 Å². The standard InChI is InChI=1S/C20H17FN4O2/c1-12(26)10-24-11-15-9-14(3-8-18(15)20(24)27)19-13(2)25(23-22-19)17-6-4-16(21)5-7-17/h3-9H,10-11H2,1-2H3. The van der Waals surface area contributed by atoms with E-state index in [9.17, 15) is 14.0 Å². The number of fused-ring (bicyclic) bond motifs is 1. The lowest BCUT2D eigenvalue weighted by molar-refractivity contribution is -0.117. The lowest BCUT2D eigenvalue weighted by Crippen LogP contribution is -2.28. The van der Waals surface area contributed by atoms with Crippen LogP contribution in [0, 0.1) is 12.7 Å². The molecule has 1 aliphatic rings. The molecule has 0 spiro atoms. The van der Waals surface area contributed by atoms with Gasteiger partial charge in [-0.05, 0) is 55.8 Å². The number of benzene rings is 2. The number of ketones is 1. The Balaban J connectivity index is 1.68. The van der Waals surface area contributed by atoms with Crippen molar-refractivity contribution in [2.45, 2.75) is 20.4 Å². The summed E-state index contributed by atoms with van der Waals surface area (Å²) >= 11 is 0. The van der Waals surface area contributed by atoms with E-state index >= 15 is 0 Å². The molecule has 3 aromatic rings. The molecule has 0 radical (unpaired) electrons. The maximum absolute atomic E-state index is 13.1. The van der Waals surface area contributed by atoms with Gasteiger partial charge in [-0.25, -0.2) is 9.07 Å². The molecule has 0 N–H and O–H groups in total. The average molecular weight is 364 g/mol. The van der Waals surface area contributed by atoms with E-state index in [4.69, 9.17) is 0 Å². The molecule has 1 aliphatic heterocycles. The summed E-state index contributed by atoms with van der Waals surface area (Å²) in [6.07, 6.45) is 0. The second kappa shape index (κ2) is 6.42. The predicted molar refractivity (Wildman–Crippen MR) is 96.9 cm³/mol. The molecule has 0 atom stereocenters. The van der Waals surface area contributed by atoms with E-state index in [0.717, 1.165) is 22.5 Å². The van der Waals surface area contributed by atoms with Gasteiger partial charge in [0.1, 0.15) is 17.3 Å². The zero-order valence-electron chi connectivity index (χ0n) is 14.9. The van der Waals surface area contributed by atoms with Crippen LogP contribution in [-0.4, -0.2) is 38.1 Å². The Morgan fingerprint density at radius 3 is 2.63 bits per heavy atom. The Hall–Kier alpha value is -3.35. The quantitative estimate of drug-likeness (QED) is 0.714. The van der Waals surface area contributed by atoms with E-state index in [2.05, 4.69) is 10.3 Å². The summed E-state index contributed by atoms with van der Waals surface area (Å²) in [5.41, 5.74) is 4.55. The number of aromatic nitrogens is 3. The number of nitrogens with zero attached hydrogens (tertiary/aromatic N) is 4. The van der Waals surface area contributed by atoms with Gasteiger partial charge in [0.15, 0.2) is 0 Å². The molecule has 7 heteroatoms. The molecule has 4 rings (SSSR count). The summed E-state index contributed by atoms with van der Waals surface area (Å²) in [4.78, 5) is 25.3. The van der Waals surface area contributed by atoms with Crippen LogP contribution in [0.5, 0.6) is 0 Å². The van der Waals surface area contributed by atoms with Crippen LogP contribution in [-0.2, 0) is 11.3 Å². The average Bonchev–Trinajstić information content (AvgIpc) is 3.16. The first-order valence-corrected chi connectivity index (χ1v) is 8.54. The summed E-state index contributed by atoms with van der Waals surface area (Å²) in [5.74, 6) is -0.483. The molecule has 0 aliphatic carbocycles. The molecule has 136 valence electrons. The van der Waals surface area contributed by atoms with Crippen LogP contribution < -0.4 is 0 Å². The summed E-state index contributed by atoms with van der Waals surface area (Å²) < 4.78 is 14.8. The highest BCUT2D eigenvalue weighted by atomic mass is 19.1. The van der Waals surface area contributed by atoms with Crippen LogP contribution in [0.3, 0.4) is 0 Å². The van der Waals surface area contributed by atoms with Crippen LogP contribution >= 0.6 is 0 Å². The van der Waals surface area contributed by atoms with Crippen molar-refractivity contribution in [3.63, 3.8) is 0 Å². The molecule has 0 bridgehead atoms. The van der Waals surface area contributed by atoms with Crippen molar-refractivity contribution < 1.29 is 14.0 Å². The third-order valence-electron chi connectivity index (χ3n) is 4.64. The van der Waals surface area contributed by atoms with Gasteiger partial charge in [-0.3, -0.25) is 9.59 Å². The van der Waals surface area contributed by atoms with Crippen molar-refractivity contribution >= 4 is 11.7 Å². The fraction of sp³-hybridized carbons (Fsp3) is 0.200. The van der Waals surface area contributed by atoms with E-state index in [-0.39, 0.29) is 24.1 Å². The Labute approximate surface area is 155 Å². The number of carbonyl (C=O) groups is 2. The Morgan fingerprint density at radius 1 is 1.19 bits per heavy atom. The lowest BCUT2D eigenvalue weighted by atomic mass is 10.0. The minimum absolute atomic E-state index is 0.0468. The molecule has 1 aromatic heterocycles. The van der Waals surface area contributed by atoms with Gasteiger partial charge in [-0.1, -0.05) is 11.3 Å². The molecule has 0 saturated carbocycles. The van der Waals surface area contributed by atoms with Gasteiger partial charge >= 0.3 is 0 Å². The van der Waals surface area contributed by atoms with Gasteiger partial charge in [-0.15, -0.1) is 5.10 Å². The molecule has 27 heavy (non-hydrogen) atoms. The largest absolute Gasteiger partial charge is 0.327 e. The molecular formula is C20H17FN4O2. The number of carbonyl (C=O) groups excluding carboxylic acids is 2. The lowest BCUT2D eigenvalue weighted by Gasteiger charge is -2.12. The summed E-state index contributed by atoms with van der Waals surface area (Å²) in [6.45, 7) is 3.88. The minimum atomic E-state index is -0.310. The fourth-order valence-corrected chi connectivity index (χ4v) is 3.35. The van der Waals surface area contributed by atoms with Crippen molar-refractivity contribution in [2.24, 2.45) is 0 Å². The number of amides is 1. The Morgan fingerprint density at radius 2 is 1.93 bits per heavy atom. The van der Waals surface area contributed by atoms with E-state index < -0.39 is 0 Å². The van der Waals surface area contributed by atoms with Crippen molar-refractivity contribution in [1.29, 1.82) is 0 Å². The molecule has 0 saturated heterocycles. The number of rotatable bonds is 4. The van der Waals surface area contributed by atoms with Crippen LogP contribution in [0.15, 0.2) is 42.5 Å².